The number of nitrogens with two attached hydrogens (primary N) is 4. The van der Waals surface area contributed by atoms with E-state index in [1.807, 2.05) is 50.2 Å². The van der Waals surface area contributed by atoms with Crippen LogP contribution in [-0.4, -0.2) is 0 Å². The second-order valence-electron chi connectivity index (χ2n) is 4.26. The highest BCUT2D eigenvalue weighted by molar-refractivity contribution is 5.64. The van der Waals surface area contributed by atoms with Gasteiger partial charge in [0.2, 0.25) is 0 Å². The van der Waals surface area contributed by atoms with Gasteiger partial charge in [0.25, 0.3) is 0 Å². The van der Waals surface area contributed by atoms with Crippen LogP contribution in [0.2, 0.25) is 0 Å². The molecule has 2 aromatic rings. The van der Waals surface area contributed by atoms with Gasteiger partial charge < -0.3 is 22.9 Å². The zero-order valence-electron chi connectivity index (χ0n) is 10.8. The Hall–Kier alpha value is -2.36. The third-order valence-corrected chi connectivity index (χ3v) is 2.48. The highest BCUT2D eigenvalue weighted by atomic mass is 14.7. The molecule has 0 bridgehead atoms. The number of nitrogen functional groups attached to an aromatic ring is 4. The van der Waals surface area contributed by atoms with Gasteiger partial charge in [-0.15, -0.1) is 0 Å². The highest BCUT2D eigenvalue weighted by Crippen LogP contribution is 2.15. The van der Waals surface area contributed by atoms with Gasteiger partial charge in [0.15, 0.2) is 0 Å². The molecule has 96 valence electrons. The fraction of sp³-hybridized carbons (Fsp3) is 0.143. The summed E-state index contributed by atoms with van der Waals surface area (Å²) in [6.45, 7) is 3.96. The number of benzene rings is 2. The van der Waals surface area contributed by atoms with E-state index >= 15 is 0 Å². The van der Waals surface area contributed by atoms with E-state index in [1.165, 1.54) is 0 Å². The molecule has 0 amide bonds. The van der Waals surface area contributed by atoms with Crippen molar-refractivity contribution in [1.82, 2.24) is 0 Å². The van der Waals surface area contributed by atoms with Gasteiger partial charge in [-0.1, -0.05) is 12.1 Å². The second-order valence-corrected chi connectivity index (χ2v) is 4.26. The minimum absolute atomic E-state index is 0.653. The van der Waals surface area contributed by atoms with Crippen LogP contribution in [0.4, 0.5) is 22.7 Å². The molecule has 0 aromatic heterocycles. The number of hydrogen-bond acceptors (Lipinski definition) is 4. The maximum Gasteiger partial charge on any atom is 0.0550 e. The molecule has 0 saturated carbocycles. The lowest BCUT2D eigenvalue weighted by molar-refractivity contribution is 1.47. The van der Waals surface area contributed by atoms with Crippen molar-refractivity contribution in [3.8, 4) is 0 Å². The number of rotatable bonds is 0. The molecule has 18 heavy (non-hydrogen) atoms. The summed E-state index contributed by atoms with van der Waals surface area (Å²) in [6, 6.07) is 11.2. The Morgan fingerprint density at radius 1 is 0.556 bits per heavy atom. The lowest BCUT2D eigenvalue weighted by Crippen LogP contribution is -1.93. The van der Waals surface area contributed by atoms with Crippen molar-refractivity contribution in [2.24, 2.45) is 0 Å². The molecule has 0 atom stereocenters. The lowest BCUT2D eigenvalue weighted by Gasteiger charge is -1.98. The molecule has 0 saturated heterocycles. The SMILES string of the molecule is Cc1ccc(N)c(N)c1.Cc1ccc(N)c(N)c1. The summed E-state index contributed by atoms with van der Waals surface area (Å²) in [5.41, 5.74) is 26.8. The van der Waals surface area contributed by atoms with Gasteiger partial charge in [-0.25, -0.2) is 0 Å². The Labute approximate surface area is 108 Å². The van der Waals surface area contributed by atoms with Crippen molar-refractivity contribution in [1.29, 1.82) is 0 Å². The first-order valence-corrected chi connectivity index (χ1v) is 5.63. The van der Waals surface area contributed by atoms with E-state index in [0.717, 1.165) is 11.1 Å². The highest BCUT2D eigenvalue weighted by Gasteiger charge is 1.91. The van der Waals surface area contributed by atoms with Gasteiger partial charge in [0, 0.05) is 0 Å². The molecule has 0 fully saturated rings. The van der Waals surface area contributed by atoms with E-state index in [4.69, 9.17) is 22.9 Å². The average Bonchev–Trinajstić information content (AvgIpc) is 2.30. The molecule has 4 nitrogen and oxygen atoms in total. The number of aryl methyl sites for hydroxylation is 2. The van der Waals surface area contributed by atoms with Crippen LogP contribution in [0.15, 0.2) is 36.4 Å². The number of hydrogen-bond donors (Lipinski definition) is 4. The van der Waals surface area contributed by atoms with Crippen LogP contribution in [0, 0.1) is 13.8 Å². The van der Waals surface area contributed by atoms with E-state index in [2.05, 4.69) is 0 Å². The summed E-state index contributed by atoms with van der Waals surface area (Å²) in [5.74, 6) is 0. The maximum atomic E-state index is 5.50. The van der Waals surface area contributed by atoms with Crippen LogP contribution in [0.5, 0.6) is 0 Å². The maximum absolute atomic E-state index is 5.50. The molecular formula is C14H20N4. The fourth-order valence-electron chi connectivity index (χ4n) is 1.39. The zero-order valence-corrected chi connectivity index (χ0v) is 10.8. The van der Waals surface area contributed by atoms with Crippen LogP contribution in [0.25, 0.3) is 0 Å². The first-order valence-electron chi connectivity index (χ1n) is 5.63. The average molecular weight is 244 g/mol. The van der Waals surface area contributed by atoms with E-state index in [1.54, 1.807) is 0 Å². The van der Waals surface area contributed by atoms with Gasteiger partial charge in [-0.2, -0.15) is 0 Å². The monoisotopic (exact) mass is 244 g/mol. The predicted molar refractivity (Wildman–Crippen MR) is 80.0 cm³/mol. The summed E-state index contributed by atoms with van der Waals surface area (Å²) < 4.78 is 0. The minimum Gasteiger partial charge on any atom is -0.397 e. The largest absolute Gasteiger partial charge is 0.397 e. The molecule has 0 heterocycles. The normalized spacial score (nSPS) is 9.44. The minimum atomic E-state index is 0.653. The summed E-state index contributed by atoms with van der Waals surface area (Å²) in [7, 11) is 0. The van der Waals surface area contributed by atoms with Crippen molar-refractivity contribution < 1.29 is 0 Å². The van der Waals surface area contributed by atoms with Crippen LogP contribution >= 0.6 is 0 Å². The summed E-state index contributed by atoms with van der Waals surface area (Å²) in [5, 5.41) is 0. The molecular weight excluding hydrogens is 224 g/mol. The molecule has 0 aliphatic rings. The van der Waals surface area contributed by atoms with E-state index in [0.29, 0.717) is 22.7 Å². The van der Waals surface area contributed by atoms with E-state index < -0.39 is 0 Å². The van der Waals surface area contributed by atoms with Gasteiger partial charge in [0.1, 0.15) is 0 Å². The van der Waals surface area contributed by atoms with Crippen LogP contribution in [-0.2, 0) is 0 Å². The van der Waals surface area contributed by atoms with Crippen molar-refractivity contribution in [3.63, 3.8) is 0 Å². The molecule has 2 rings (SSSR count). The van der Waals surface area contributed by atoms with Gasteiger partial charge in [-0.3, -0.25) is 0 Å². The molecule has 0 radical (unpaired) electrons. The van der Waals surface area contributed by atoms with Crippen molar-refractivity contribution in [2.45, 2.75) is 13.8 Å². The standard InChI is InChI=1S/2C7H10N2/c2*1-5-2-3-6(8)7(9)4-5/h2*2-4H,8-9H2,1H3. The second kappa shape index (κ2) is 5.82. The quantitative estimate of drug-likeness (QED) is 0.534. The molecule has 2 aromatic carbocycles. The predicted octanol–water partition coefficient (Wildman–Crippen LogP) is 2.32. The molecule has 0 aliphatic heterocycles. The van der Waals surface area contributed by atoms with Crippen LogP contribution in [0.1, 0.15) is 11.1 Å². The molecule has 0 unspecified atom stereocenters. The Balaban J connectivity index is 0.000000180. The smallest absolute Gasteiger partial charge is 0.0550 e. The van der Waals surface area contributed by atoms with E-state index in [-0.39, 0.29) is 0 Å². The number of anilines is 4. The Kier molecular flexibility index (Phi) is 4.43. The van der Waals surface area contributed by atoms with Crippen LogP contribution in [0.3, 0.4) is 0 Å². The van der Waals surface area contributed by atoms with Crippen molar-refractivity contribution in [3.05, 3.63) is 47.5 Å². The lowest BCUT2D eigenvalue weighted by atomic mass is 10.2. The molecule has 4 heteroatoms. The van der Waals surface area contributed by atoms with Gasteiger partial charge in [-0.05, 0) is 49.2 Å². The Morgan fingerprint density at radius 3 is 1.11 bits per heavy atom. The first-order chi connectivity index (χ1) is 8.40. The van der Waals surface area contributed by atoms with Gasteiger partial charge in [0.05, 0.1) is 22.7 Å². The summed E-state index contributed by atoms with van der Waals surface area (Å²) >= 11 is 0. The zero-order chi connectivity index (χ0) is 13.7. The fourth-order valence-corrected chi connectivity index (χ4v) is 1.39. The van der Waals surface area contributed by atoms with Gasteiger partial charge >= 0.3 is 0 Å². The third-order valence-electron chi connectivity index (χ3n) is 2.48. The Morgan fingerprint density at radius 2 is 0.889 bits per heavy atom. The third kappa shape index (κ3) is 3.90. The van der Waals surface area contributed by atoms with Crippen LogP contribution < -0.4 is 22.9 Å². The van der Waals surface area contributed by atoms with Crippen molar-refractivity contribution >= 4 is 22.7 Å². The van der Waals surface area contributed by atoms with Crippen molar-refractivity contribution in [2.75, 3.05) is 22.9 Å². The molecule has 0 spiro atoms. The summed E-state index contributed by atoms with van der Waals surface area (Å²) in [6.07, 6.45) is 0. The molecule has 0 aliphatic carbocycles. The topological polar surface area (TPSA) is 104 Å². The molecule has 8 N–H and O–H groups in total. The summed E-state index contributed by atoms with van der Waals surface area (Å²) in [4.78, 5) is 0. The van der Waals surface area contributed by atoms with E-state index in [9.17, 15) is 0 Å². The Bertz CT molecular complexity index is 486. The first kappa shape index (κ1) is 13.7.